The molecule has 0 radical (unpaired) electrons. The first-order valence-corrected chi connectivity index (χ1v) is 13.8. The highest BCUT2D eigenvalue weighted by atomic mass is 32.2. The molecule has 5 nitrogen and oxygen atoms in total. The van der Waals surface area contributed by atoms with Crippen LogP contribution in [-0.2, 0) is 11.2 Å². The quantitative estimate of drug-likeness (QED) is 0.472. The van der Waals surface area contributed by atoms with Crippen molar-refractivity contribution in [3.8, 4) is 12.3 Å². The third-order valence-electron chi connectivity index (χ3n) is 6.80. The molecule has 1 aliphatic heterocycles. The summed E-state index contributed by atoms with van der Waals surface area (Å²) in [7, 11) is 0. The van der Waals surface area contributed by atoms with Crippen LogP contribution in [0.1, 0.15) is 71.9 Å². The van der Waals surface area contributed by atoms with Gasteiger partial charge in [-0.3, -0.25) is 9.59 Å². The van der Waals surface area contributed by atoms with Gasteiger partial charge in [0.2, 0.25) is 5.91 Å². The number of terminal acetylenes is 1. The third-order valence-corrected chi connectivity index (χ3v) is 8.55. The van der Waals surface area contributed by atoms with Gasteiger partial charge in [-0.2, -0.15) is 0 Å². The van der Waals surface area contributed by atoms with Crippen molar-refractivity contribution in [2.45, 2.75) is 67.7 Å². The molecule has 0 unspecified atom stereocenters. The molecule has 2 heterocycles. The van der Waals surface area contributed by atoms with Gasteiger partial charge in [0.15, 0.2) is 0 Å². The number of hydrogen-bond acceptors (Lipinski definition) is 5. The Morgan fingerprint density at radius 3 is 2.55 bits per heavy atom. The van der Waals surface area contributed by atoms with Gasteiger partial charge in [-0.15, -0.1) is 29.5 Å². The van der Waals surface area contributed by atoms with Crippen LogP contribution in [0.3, 0.4) is 0 Å². The van der Waals surface area contributed by atoms with Crippen molar-refractivity contribution in [2.75, 3.05) is 19.3 Å². The molecular formula is C26H31N3O2S2. The Labute approximate surface area is 204 Å². The fourth-order valence-corrected chi connectivity index (χ4v) is 6.11. The van der Waals surface area contributed by atoms with Crippen molar-refractivity contribution >= 4 is 34.9 Å². The normalized spacial score (nSPS) is 18.5. The van der Waals surface area contributed by atoms with Crippen molar-refractivity contribution < 1.29 is 9.59 Å². The zero-order valence-electron chi connectivity index (χ0n) is 19.1. The number of amides is 2. The minimum absolute atomic E-state index is 0.169. The van der Waals surface area contributed by atoms with Crippen molar-refractivity contribution in [3.05, 3.63) is 45.9 Å². The molecule has 1 saturated heterocycles. The summed E-state index contributed by atoms with van der Waals surface area (Å²) >= 11 is 3.24. The molecule has 2 amide bonds. The largest absolute Gasteiger partial charge is 0.342 e. The first kappa shape index (κ1) is 23.8. The van der Waals surface area contributed by atoms with E-state index in [-0.39, 0.29) is 17.7 Å². The molecule has 1 aromatic carbocycles. The highest BCUT2D eigenvalue weighted by Gasteiger charge is 2.33. The van der Waals surface area contributed by atoms with Crippen molar-refractivity contribution in [1.82, 2.24) is 15.2 Å². The Morgan fingerprint density at radius 1 is 1.21 bits per heavy atom. The highest BCUT2D eigenvalue weighted by molar-refractivity contribution is 7.98. The first-order valence-electron chi connectivity index (χ1n) is 11.7. The van der Waals surface area contributed by atoms with Crippen LogP contribution in [0, 0.1) is 12.3 Å². The molecule has 2 fully saturated rings. The lowest BCUT2D eigenvalue weighted by Gasteiger charge is -2.33. The molecule has 4 rings (SSSR count). The number of piperidine rings is 1. The number of carbonyl (C=O) groups excluding carboxylic acids is 2. The van der Waals surface area contributed by atoms with E-state index in [1.165, 1.54) is 22.7 Å². The summed E-state index contributed by atoms with van der Waals surface area (Å²) < 4.78 is 0. The first-order chi connectivity index (χ1) is 16.0. The number of nitrogens with zero attached hydrogens (tertiary/aromatic N) is 2. The molecular weight excluding hydrogens is 450 g/mol. The van der Waals surface area contributed by atoms with Crippen LogP contribution < -0.4 is 5.32 Å². The molecule has 1 saturated carbocycles. The van der Waals surface area contributed by atoms with Crippen molar-refractivity contribution in [1.29, 1.82) is 0 Å². The lowest BCUT2D eigenvalue weighted by molar-refractivity contribution is -0.131. The Bertz CT molecular complexity index is 1010. The van der Waals surface area contributed by atoms with E-state index in [1.807, 2.05) is 28.7 Å². The van der Waals surface area contributed by atoms with Crippen LogP contribution in [0.5, 0.6) is 0 Å². The second-order valence-corrected chi connectivity index (χ2v) is 10.8. The molecule has 174 valence electrons. The number of hydrogen-bond donors (Lipinski definition) is 1. The fraction of sp³-hybridized carbons (Fsp3) is 0.500. The number of thiazole rings is 1. The molecule has 0 bridgehead atoms. The monoisotopic (exact) mass is 481 g/mol. The molecule has 33 heavy (non-hydrogen) atoms. The number of likely N-dealkylation sites (tertiary alicyclic amines) is 1. The van der Waals surface area contributed by atoms with Gasteiger partial charge in [0.1, 0.15) is 11.2 Å². The topological polar surface area (TPSA) is 62.3 Å². The second-order valence-electron chi connectivity index (χ2n) is 8.99. The van der Waals surface area contributed by atoms with Crippen LogP contribution in [0.25, 0.3) is 0 Å². The van der Waals surface area contributed by atoms with Gasteiger partial charge in [0, 0.05) is 29.3 Å². The SMILES string of the molecule is C#CC1(NC(=O)c2csc(C3CCN(C(=O)Cc4ccc(SC)cc4)CC3)n2)CCCCC1. The van der Waals surface area contributed by atoms with Gasteiger partial charge in [-0.05, 0) is 49.6 Å². The molecule has 1 N–H and O–H groups in total. The van der Waals surface area contributed by atoms with Crippen LogP contribution in [0.2, 0.25) is 0 Å². The summed E-state index contributed by atoms with van der Waals surface area (Å²) in [4.78, 5) is 33.4. The maximum atomic E-state index is 12.8. The van der Waals surface area contributed by atoms with E-state index in [0.29, 0.717) is 12.1 Å². The summed E-state index contributed by atoms with van der Waals surface area (Å²) in [6.07, 6.45) is 14.9. The van der Waals surface area contributed by atoms with E-state index >= 15 is 0 Å². The number of benzene rings is 1. The number of rotatable bonds is 6. The Hall–Kier alpha value is -2.30. The zero-order chi connectivity index (χ0) is 23.3. The molecule has 2 aliphatic rings. The predicted octanol–water partition coefficient (Wildman–Crippen LogP) is 4.88. The van der Waals surface area contributed by atoms with Gasteiger partial charge in [-0.25, -0.2) is 4.98 Å². The maximum Gasteiger partial charge on any atom is 0.271 e. The lowest BCUT2D eigenvalue weighted by atomic mass is 9.82. The van der Waals surface area contributed by atoms with Crippen LogP contribution in [0.4, 0.5) is 0 Å². The van der Waals surface area contributed by atoms with E-state index in [0.717, 1.165) is 62.2 Å². The average Bonchev–Trinajstić information content (AvgIpc) is 3.36. The van der Waals surface area contributed by atoms with Crippen molar-refractivity contribution in [2.24, 2.45) is 0 Å². The summed E-state index contributed by atoms with van der Waals surface area (Å²) in [5.74, 6) is 3.13. The Balaban J connectivity index is 1.29. The molecule has 7 heteroatoms. The minimum atomic E-state index is -0.527. The predicted molar refractivity (Wildman–Crippen MR) is 135 cm³/mol. The van der Waals surface area contributed by atoms with Gasteiger partial charge in [0.25, 0.3) is 5.91 Å². The lowest BCUT2D eigenvalue weighted by Crippen LogP contribution is -2.48. The van der Waals surface area contributed by atoms with Crippen molar-refractivity contribution in [3.63, 3.8) is 0 Å². The standard InChI is InChI=1S/C26H31N3O2S2/c1-3-26(13-5-4-6-14-26)28-24(31)22-18-33-25(27-22)20-11-15-29(16-12-20)23(30)17-19-7-9-21(32-2)10-8-19/h1,7-10,18,20H,4-6,11-17H2,2H3,(H,28,31). The van der Waals surface area contributed by atoms with E-state index in [1.54, 1.807) is 11.8 Å². The number of carbonyl (C=O) groups is 2. The average molecular weight is 482 g/mol. The second kappa shape index (κ2) is 10.8. The number of nitrogens with one attached hydrogen (secondary N) is 1. The molecule has 0 spiro atoms. The highest BCUT2D eigenvalue weighted by Crippen LogP contribution is 2.32. The Morgan fingerprint density at radius 2 is 1.91 bits per heavy atom. The third kappa shape index (κ3) is 5.80. The van der Waals surface area contributed by atoms with E-state index in [2.05, 4.69) is 28.4 Å². The minimum Gasteiger partial charge on any atom is -0.342 e. The van der Waals surface area contributed by atoms with Gasteiger partial charge >= 0.3 is 0 Å². The van der Waals surface area contributed by atoms with Crippen LogP contribution in [0.15, 0.2) is 34.5 Å². The van der Waals surface area contributed by atoms with E-state index < -0.39 is 5.54 Å². The summed E-state index contributed by atoms with van der Waals surface area (Å²) in [6.45, 7) is 1.46. The molecule has 0 atom stereocenters. The van der Waals surface area contributed by atoms with Gasteiger partial charge < -0.3 is 10.2 Å². The Kier molecular flexibility index (Phi) is 7.77. The summed E-state index contributed by atoms with van der Waals surface area (Å²) in [5.41, 5.74) is 0.987. The van der Waals surface area contributed by atoms with Crippen LogP contribution in [-0.4, -0.2) is 46.6 Å². The molecule has 1 aliphatic carbocycles. The van der Waals surface area contributed by atoms with Crippen LogP contribution >= 0.6 is 23.1 Å². The van der Waals surface area contributed by atoms with E-state index in [4.69, 9.17) is 6.42 Å². The maximum absolute atomic E-state index is 12.8. The number of thioether (sulfide) groups is 1. The number of aromatic nitrogens is 1. The smallest absolute Gasteiger partial charge is 0.271 e. The van der Waals surface area contributed by atoms with Gasteiger partial charge in [0.05, 0.1) is 11.4 Å². The summed E-state index contributed by atoms with van der Waals surface area (Å²) in [6, 6.07) is 8.21. The van der Waals surface area contributed by atoms with E-state index in [9.17, 15) is 9.59 Å². The van der Waals surface area contributed by atoms with Gasteiger partial charge in [-0.1, -0.05) is 37.3 Å². The fourth-order valence-electron chi connectivity index (χ4n) is 4.73. The molecule has 1 aromatic heterocycles. The zero-order valence-corrected chi connectivity index (χ0v) is 20.8. The summed E-state index contributed by atoms with van der Waals surface area (Å²) in [5, 5.41) is 5.91. The molecule has 2 aromatic rings.